The first-order chi connectivity index (χ1) is 11.7. The second-order valence-corrected chi connectivity index (χ2v) is 6.21. The Hall–Kier alpha value is -1.12. The highest BCUT2D eigenvalue weighted by molar-refractivity contribution is 14.0. The first kappa shape index (κ1) is 21.9. The molecule has 0 bridgehead atoms. The zero-order valence-electron chi connectivity index (χ0n) is 15.3. The van der Waals surface area contributed by atoms with Crippen molar-refractivity contribution in [3.63, 3.8) is 0 Å². The summed E-state index contributed by atoms with van der Waals surface area (Å²) in [4.78, 5) is 10.8. The topological polar surface area (TPSA) is 52.6 Å². The van der Waals surface area contributed by atoms with Crippen LogP contribution in [-0.2, 0) is 0 Å². The average molecular weight is 463 g/mol. The number of guanidine groups is 1. The maximum Gasteiger partial charge on any atom is 0.191 e. The Morgan fingerprint density at radius 2 is 2.20 bits per heavy atom. The molecule has 0 amide bonds. The summed E-state index contributed by atoms with van der Waals surface area (Å²) in [6, 6.07) is 3.35. The van der Waals surface area contributed by atoms with Crippen LogP contribution in [0.1, 0.15) is 46.0 Å². The minimum absolute atomic E-state index is 0. The average Bonchev–Trinajstić information content (AvgIpc) is 3.03. The molecule has 0 aromatic carbocycles. The molecule has 0 spiro atoms. The van der Waals surface area contributed by atoms with Crippen LogP contribution in [0.3, 0.4) is 0 Å². The molecule has 2 heterocycles. The summed E-state index contributed by atoms with van der Waals surface area (Å²) in [5.74, 6) is 1.06. The molecule has 0 aliphatic carbocycles. The fourth-order valence-electron chi connectivity index (χ4n) is 2.92. The number of rotatable bonds is 8. The first-order valence-electron chi connectivity index (χ1n) is 9.14. The van der Waals surface area contributed by atoms with Crippen molar-refractivity contribution in [3.8, 4) is 0 Å². The Balaban J connectivity index is 0.00000312. The Labute approximate surface area is 167 Å². The van der Waals surface area contributed by atoms with E-state index in [2.05, 4.69) is 34.5 Å². The molecule has 2 rings (SSSR count). The molecule has 1 saturated heterocycles. The quantitative estimate of drug-likeness (QED) is 0.268. The lowest BCUT2D eigenvalue weighted by Gasteiger charge is -2.19. The standard InChI is InChI=1S/C18H30FN5.HI/c1-3-5-6-7-11-22-18(20-4-2)23-15-10-13-24(14-15)17-16(19)9-8-12-21-17;/h8-9,12,15H,3-7,10-11,13-14H2,1-2H3,(H2,20,22,23);1H. The smallest absolute Gasteiger partial charge is 0.191 e. The van der Waals surface area contributed by atoms with Gasteiger partial charge in [-0.25, -0.2) is 9.37 Å². The van der Waals surface area contributed by atoms with E-state index in [1.807, 2.05) is 4.90 Å². The third kappa shape index (κ3) is 7.33. The lowest BCUT2D eigenvalue weighted by molar-refractivity contribution is 0.612. The van der Waals surface area contributed by atoms with Crippen LogP contribution in [0.25, 0.3) is 0 Å². The highest BCUT2D eigenvalue weighted by atomic mass is 127. The first-order valence-corrected chi connectivity index (χ1v) is 9.14. The minimum Gasteiger partial charge on any atom is -0.357 e. The summed E-state index contributed by atoms with van der Waals surface area (Å²) in [6.45, 7) is 7.52. The van der Waals surface area contributed by atoms with Gasteiger partial charge in [0.15, 0.2) is 17.6 Å². The number of pyridine rings is 1. The van der Waals surface area contributed by atoms with Gasteiger partial charge in [0.1, 0.15) is 0 Å². The van der Waals surface area contributed by atoms with Crippen LogP contribution in [0.15, 0.2) is 23.3 Å². The van der Waals surface area contributed by atoms with E-state index >= 15 is 0 Å². The normalized spacial score (nSPS) is 17.3. The van der Waals surface area contributed by atoms with Crippen molar-refractivity contribution in [2.75, 3.05) is 31.1 Å². The van der Waals surface area contributed by atoms with Gasteiger partial charge in [-0.1, -0.05) is 26.2 Å². The lowest BCUT2D eigenvalue weighted by atomic mass is 10.2. The third-order valence-electron chi connectivity index (χ3n) is 4.19. The van der Waals surface area contributed by atoms with Gasteiger partial charge in [-0.2, -0.15) is 0 Å². The number of nitrogens with one attached hydrogen (secondary N) is 2. The highest BCUT2D eigenvalue weighted by Gasteiger charge is 2.25. The minimum atomic E-state index is -0.255. The second kappa shape index (κ2) is 12.3. The molecule has 1 fully saturated rings. The fourth-order valence-corrected chi connectivity index (χ4v) is 2.92. The monoisotopic (exact) mass is 463 g/mol. The largest absolute Gasteiger partial charge is 0.357 e. The summed E-state index contributed by atoms with van der Waals surface area (Å²) in [5, 5.41) is 6.77. The third-order valence-corrected chi connectivity index (χ3v) is 4.19. The number of hydrogen-bond acceptors (Lipinski definition) is 3. The van der Waals surface area contributed by atoms with Crippen molar-refractivity contribution in [2.24, 2.45) is 4.99 Å². The molecule has 1 unspecified atom stereocenters. The molecule has 2 N–H and O–H groups in total. The number of halogens is 2. The zero-order chi connectivity index (χ0) is 17.2. The van der Waals surface area contributed by atoms with Gasteiger partial charge in [0.25, 0.3) is 0 Å². The Morgan fingerprint density at radius 1 is 1.36 bits per heavy atom. The number of hydrogen-bond donors (Lipinski definition) is 2. The van der Waals surface area contributed by atoms with Crippen LogP contribution < -0.4 is 15.5 Å². The zero-order valence-corrected chi connectivity index (χ0v) is 17.6. The number of aliphatic imine (C=N–C) groups is 1. The molecule has 25 heavy (non-hydrogen) atoms. The summed E-state index contributed by atoms with van der Waals surface area (Å²) in [7, 11) is 0. The van der Waals surface area contributed by atoms with E-state index in [0.717, 1.165) is 45.0 Å². The van der Waals surface area contributed by atoms with E-state index < -0.39 is 0 Å². The number of aromatic nitrogens is 1. The molecule has 0 saturated carbocycles. The van der Waals surface area contributed by atoms with E-state index in [1.165, 1.54) is 25.3 Å². The van der Waals surface area contributed by atoms with Gasteiger partial charge in [-0.3, -0.25) is 4.99 Å². The van der Waals surface area contributed by atoms with Crippen molar-refractivity contribution in [1.29, 1.82) is 0 Å². The van der Waals surface area contributed by atoms with Crippen molar-refractivity contribution in [3.05, 3.63) is 24.1 Å². The van der Waals surface area contributed by atoms with Crippen LogP contribution in [-0.4, -0.2) is 43.2 Å². The molecule has 5 nitrogen and oxygen atoms in total. The van der Waals surface area contributed by atoms with Gasteiger partial charge in [0.2, 0.25) is 0 Å². The van der Waals surface area contributed by atoms with E-state index in [0.29, 0.717) is 5.82 Å². The summed E-state index contributed by atoms with van der Waals surface area (Å²) in [6.07, 6.45) is 7.46. The maximum absolute atomic E-state index is 13.9. The van der Waals surface area contributed by atoms with E-state index in [-0.39, 0.29) is 35.8 Å². The molecular weight excluding hydrogens is 432 g/mol. The second-order valence-electron chi connectivity index (χ2n) is 6.21. The number of nitrogens with zero attached hydrogens (tertiary/aromatic N) is 3. The van der Waals surface area contributed by atoms with Crippen LogP contribution in [0.2, 0.25) is 0 Å². The van der Waals surface area contributed by atoms with Crippen LogP contribution in [0.4, 0.5) is 10.2 Å². The van der Waals surface area contributed by atoms with Crippen LogP contribution >= 0.6 is 24.0 Å². The molecule has 1 aliphatic rings. The summed E-state index contributed by atoms with van der Waals surface area (Å²) >= 11 is 0. The molecule has 1 aromatic heterocycles. The molecule has 142 valence electrons. The summed E-state index contributed by atoms with van der Waals surface area (Å²) < 4.78 is 13.9. The SMILES string of the molecule is CCCCCCN=C(NCC)NC1CCN(c2ncccc2F)C1.I. The molecule has 0 radical (unpaired) electrons. The van der Waals surface area contributed by atoms with Gasteiger partial charge in [-0.15, -0.1) is 24.0 Å². The van der Waals surface area contributed by atoms with Crippen LogP contribution in [0, 0.1) is 5.82 Å². The van der Waals surface area contributed by atoms with Crippen molar-refractivity contribution in [1.82, 2.24) is 15.6 Å². The maximum atomic E-state index is 13.9. The van der Waals surface area contributed by atoms with Crippen molar-refractivity contribution in [2.45, 2.75) is 52.0 Å². The Kier molecular flexibility index (Phi) is 10.8. The molecular formula is C18H31FIN5. The Morgan fingerprint density at radius 3 is 2.92 bits per heavy atom. The van der Waals surface area contributed by atoms with Gasteiger partial charge in [0, 0.05) is 38.4 Å². The highest BCUT2D eigenvalue weighted by Crippen LogP contribution is 2.20. The van der Waals surface area contributed by atoms with E-state index in [4.69, 9.17) is 0 Å². The Bertz CT molecular complexity index is 526. The van der Waals surface area contributed by atoms with Gasteiger partial charge in [-0.05, 0) is 31.9 Å². The number of anilines is 1. The molecule has 1 aromatic rings. The van der Waals surface area contributed by atoms with E-state index in [9.17, 15) is 4.39 Å². The lowest BCUT2D eigenvalue weighted by Crippen LogP contribution is -2.44. The summed E-state index contributed by atoms with van der Waals surface area (Å²) in [5.41, 5.74) is 0. The molecule has 1 aliphatic heterocycles. The van der Waals surface area contributed by atoms with Crippen molar-refractivity contribution < 1.29 is 4.39 Å². The van der Waals surface area contributed by atoms with Gasteiger partial charge < -0.3 is 15.5 Å². The number of unbranched alkanes of at least 4 members (excludes halogenated alkanes) is 3. The van der Waals surface area contributed by atoms with Gasteiger partial charge in [0.05, 0.1) is 0 Å². The predicted octanol–water partition coefficient (Wildman–Crippen LogP) is 3.55. The molecule has 7 heteroatoms. The fraction of sp³-hybridized carbons (Fsp3) is 0.667. The van der Waals surface area contributed by atoms with Gasteiger partial charge >= 0.3 is 0 Å². The molecule has 1 atom stereocenters. The van der Waals surface area contributed by atoms with E-state index in [1.54, 1.807) is 12.3 Å². The predicted molar refractivity (Wildman–Crippen MR) is 113 cm³/mol. The van der Waals surface area contributed by atoms with Crippen LogP contribution in [0.5, 0.6) is 0 Å². The van der Waals surface area contributed by atoms with Crippen molar-refractivity contribution >= 4 is 35.8 Å².